The van der Waals surface area contributed by atoms with Gasteiger partial charge in [0.15, 0.2) is 16.6 Å². The standard InChI is InChI=1S/C33H24F2N2O5S/c1-2-41-26-16-21(10-15-25(26)42-18-19-6-4-3-5-7-19)29-28(30(38)20-8-11-22(34)12-9-20)31(39)32(40)37(29)33-36-24-14-13-23(35)17-27(24)43-33/h3-17,29,38H,2,18H2,1H3. The zero-order valence-corrected chi connectivity index (χ0v) is 23.6. The van der Waals surface area contributed by atoms with Crippen LogP contribution in [-0.2, 0) is 16.2 Å². The number of ketones is 1. The first-order valence-corrected chi connectivity index (χ1v) is 14.2. The second kappa shape index (κ2) is 11.7. The number of aromatic nitrogens is 1. The van der Waals surface area contributed by atoms with Crippen LogP contribution < -0.4 is 14.4 Å². The second-order valence-corrected chi connectivity index (χ2v) is 10.7. The van der Waals surface area contributed by atoms with Crippen molar-refractivity contribution < 1.29 is 33.0 Å². The average Bonchev–Trinajstić information content (AvgIpc) is 3.54. The third-order valence-corrected chi connectivity index (χ3v) is 7.95. The van der Waals surface area contributed by atoms with Crippen LogP contribution in [0.1, 0.15) is 29.7 Å². The molecule has 0 spiro atoms. The van der Waals surface area contributed by atoms with Crippen molar-refractivity contribution in [1.29, 1.82) is 0 Å². The molecule has 1 aliphatic rings. The van der Waals surface area contributed by atoms with Crippen LogP contribution >= 0.6 is 11.3 Å². The fourth-order valence-corrected chi connectivity index (χ4v) is 5.93. The van der Waals surface area contributed by atoms with Gasteiger partial charge in [0.05, 0.1) is 28.4 Å². The summed E-state index contributed by atoms with van der Waals surface area (Å²) in [5.41, 5.74) is 1.78. The Morgan fingerprint density at radius 1 is 0.907 bits per heavy atom. The van der Waals surface area contributed by atoms with Gasteiger partial charge in [0.25, 0.3) is 5.78 Å². The van der Waals surface area contributed by atoms with E-state index in [2.05, 4.69) is 4.98 Å². The summed E-state index contributed by atoms with van der Waals surface area (Å²) in [4.78, 5) is 32.8. The van der Waals surface area contributed by atoms with Crippen LogP contribution in [0.3, 0.4) is 0 Å². The normalized spacial score (nSPS) is 16.2. The molecule has 0 saturated carbocycles. The van der Waals surface area contributed by atoms with E-state index in [1.807, 2.05) is 37.3 Å². The van der Waals surface area contributed by atoms with E-state index < -0.39 is 35.1 Å². The van der Waals surface area contributed by atoms with E-state index in [9.17, 15) is 23.5 Å². The first kappa shape index (κ1) is 28.0. The Kier molecular flexibility index (Phi) is 7.60. The Hall–Kier alpha value is -5.09. The molecule has 7 nitrogen and oxygen atoms in total. The van der Waals surface area contributed by atoms with Crippen molar-refractivity contribution in [1.82, 2.24) is 4.98 Å². The molecule has 10 heteroatoms. The summed E-state index contributed by atoms with van der Waals surface area (Å²) in [6, 6.07) is 22.5. The molecule has 1 fully saturated rings. The van der Waals surface area contributed by atoms with E-state index in [0.29, 0.717) is 33.9 Å². The Balaban J connectivity index is 1.49. The monoisotopic (exact) mass is 598 g/mol. The number of ether oxygens (including phenoxy) is 2. The van der Waals surface area contributed by atoms with Gasteiger partial charge in [0, 0.05) is 5.56 Å². The molecule has 0 radical (unpaired) electrons. The molecule has 1 unspecified atom stereocenters. The summed E-state index contributed by atoms with van der Waals surface area (Å²) in [5.74, 6) is -2.52. The first-order chi connectivity index (χ1) is 20.8. The number of hydrogen-bond acceptors (Lipinski definition) is 7. The second-order valence-electron chi connectivity index (χ2n) is 9.70. The molecule has 5 aromatic rings. The summed E-state index contributed by atoms with van der Waals surface area (Å²) in [6.07, 6.45) is 0. The van der Waals surface area contributed by atoms with Gasteiger partial charge in [-0.3, -0.25) is 14.5 Å². The number of aliphatic hydroxyl groups excluding tert-OH is 1. The predicted octanol–water partition coefficient (Wildman–Crippen LogP) is 7.18. The predicted molar refractivity (Wildman–Crippen MR) is 159 cm³/mol. The maximum Gasteiger partial charge on any atom is 0.301 e. The van der Waals surface area contributed by atoms with Crippen LogP contribution in [0.4, 0.5) is 13.9 Å². The highest BCUT2D eigenvalue weighted by atomic mass is 32.1. The van der Waals surface area contributed by atoms with Gasteiger partial charge >= 0.3 is 5.91 Å². The lowest BCUT2D eigenvalue weighted by Gasteiger charge is -2.24. The fraction of sp³-hybridized carbons (Fsp3) is 0.121. The number of carbonyl (C=O) groups is 2. The van der Waals surface area contributed by atoms with Crippen LogP contribution in [-0.4, -0.2) is 28.4 Å². The van der Waals surface area contributed by atoms with Crippen LogP contribution in [0.25, 0.3) is 16.0 Å². The number of aliphatic hydroxyl groups is 1. The van der Waals surface area contributed by atoms with Crippen molar-refractivity contribution in [3.63, 3.8) is 0 Å². The van der Waals surface area contributed by atoms with Gasteiger partial charge in [-0.05, 0) is 72.6 Å². The molecule has 1 atom stereocenters. The van der Waals surface area contributed by atoms with Crippen LogP contribution in [0.2, 0.25) is 0 Å². The highest BCUT2D eigenvalue weighted by molar-refractivity contribution is 7.22. The van der Waals surface area contributed by atoms with Crippen molar-refractivity contribution in [2.24, 2.45) is 0 Å². The van der Waals surface area contributed by atoms with Crippen LogP contribution in [0.15, 0.2) is 96.6 Å². The summed E-state index contributed by atoms with van der Waals surface area (Å²) < 4.78 is 40.0. The van der Waals surface area contributed by atoms with Crippen molar-refractivity contribution in [2.45, 2.75) is 19.6 Å². The van der Waals surface area contributed by atoms with Crippen molar-refractivity contribution in [3.05, 3.63) is 125 Å². The van der Waals surface area contributed by atoms with Gasteiger partial charge in [-0.25, -0.2) is 13.8 Å². The molecular formula is C33H24F2N2O5S. The lowest BCUT2D eigenvalue weighted by Crippen LogP contribution is -2.29. The van der Waals surface area contributed by atoms with Crippen LogP contribution in [0.5, 0.6) is 11.5 Å². The van der Waals surface area contributed by atoms with E-state index in [1.165, 1.54) is 35.2 Å². The third-order valence-electron chi connectivity index (χ3n) is 6.93. The Morgan fingerprint density at radius 3 is 2.40 bits per heavy atom. The van der Waals surface area contributed by atoms with Gasteiger partial charge in [0.1, 0.15) is 24.0 Å². The molecule has 2 heterocycles. The summed E-state index contributed by atoms with van der Waals surface area (Å²) >= 11 is 1.04. The zero-order valence-electron chi connectivity index (χ0n) is 22.8. The van der Waals surface area contributed by atoms with Crippen molar-refractivity contribution in [2.75, 3.05) is 11.5 Å². The number of hydrogen-bond donors (Lipinski definition) is 1. The highest BCUT2D eigenvalue weighted by Crippen LogP contribution is 2.46. The molecule has 0 bridgehead atoms. The van der Waals surface area contributed by atoms with E-state index >= 15 is 0 Å². The zero-order chi connectivity index (χ0) is 30.1. The van der Waals surface area contributed by atoms with E-state index in [-0.39, 0.29) is 22.9 Å². The minimum absolute atomic E-state index is 0.147. The van der Waals surface area contributed by atoms with Gasteiger partial charge in [0.2, 0.25) is 0 Å². The molecule has 6 rings (SSSR count). The third kappa shape index (κ3) is 5.44. The van der Waals surface area contributed by atoms with Gasteiger partial charge < -0.3 is 14.6 Å². The molecule has 1 N–H and O–H groups in total. The lowest BCUT2D eigenvalue weighted by molar-refractivity contribution is -0.132. The average molecular weight is 599 g/mol. The molecule has 216 valence electrons. The van der Waals surface area contributed by atoms with Crippen LogP contribution in [0, 0.1) is 11.6 Å². The number of Topliss-reactive ketones (excluding diaryl/α,β-unsaturated/α-hetero) is 1. The quantitative estimate of drug-likeness (QED) is 0.116. The minimum Gasteiger partial charge on any atom is -0.507 e. The molecule has 1 amide bonds. The molecule has 0 aliphatic carbocycles. The number of fused-ring (bicyclic) bond motifs is 1. The number of thiazole rings is 1. The van der Waals surface area contributed by atoms with E-state index in [1.54, 1.807) is 18.2 Å². The van der Waals surface area contributed by atoms with E-state index in [0.717, 1.165) is 29.0 Å². The number of carbonyl (C=O) groups excluding carboxylic acids is 2. The first-order valence-electron chi connectivity index (χ1n) is 13.4. The SMILES string of the molecule is CCOc1cc(C2C(=C(O)c3ccc(F)cc3)C(=O)C(=O)N2c2nc3ccc(F)cc3s2)ccc1OCc1ccccc1. The number of nitrogens with zero attached hydrogens (tertiary/aromatic N) is 2. The minimum atomic E-state index is -1.13. The maximum absolute atomic E-state index is 14.0. The number of halogens is 2. The maximum atomic E-state index is 14.0. The summed E-state index contributed by atoms with van der Waals surface area (Å²) in [6.45, 7) is 2.41. The number of benzene rings is 4. The number of anilines is 1. The molecule has 1 aromatic heterocycles. The molecule has 43 heavy (non-hydrogen) atoms. The number of rotatable bonds is 8. The lowest BCUT2D eigenvalue weighted by atomic mass is 9.95. The van der Waals surface area contributed by atoms with E-state index in [4.69, 9.17) is 9.47 Å². The fourth-order valence-electron chi connectivity index (χ4n) is 4.92. The Bertz CT molecular complexity index is 1870. The molecule has 1 saturated heterocycles. The van der Waals surface area contributed by atoms with Crippen molar-refractivity contribution >= 4 is 44.1 Å². The van der Waals surface area contributed by atoms with Crippen molar-refractivity contribution in [3.8, 4) is 11.5 Å². The summed E-state index contributed by atoms with van der Waals surface area (Å²) in [7, 11) is 0. The van der Waals surface area contributed by atoms with Gasteiger partial charge in [-0.15, -0.1) is 0 Å². The topological polar surface area (TPSA) is 89.0 Å². The molecule has 4 aromatic carbocycles. The van der Waals surface area contributed by atoms with Gasteiger partial charge in [-0.2, -0.15) is 0 Å². The van der Waals surface area contributed by atoms with Gasteiger partial charge in [-0.1, -0.05) is 47.7 Å². The number of amides is 1. The summed E-state index contributed by atoms with van der Waals surface area (Å²) in [5, 5.41) is 11.5. The highest BCUT2D eigenvalue weighted by Gasteiger charge is 2.48. The Morgan fingerprint density at radius 2 is 1.65 bits per heavy atom. The molecule has 1 aliphatic heterocycles. The molecular weight excluding hydrogens is 574 g/mol. The smallest absolute Gasteiger partial charge is 0.301 e. The Labute approximate surface area is 249 Å². The largest absolute Gasteiger partial charge is 0.507 e.